The lowest BCUT2D eigenvalue weighted by molar-refractivity contribution is -0.158. The molecule has 0 spiro atoms. The highest BCUT2D eigenvalue weighted by Crippen LogP contribution is 2.21. The molecule has 9 heteroatoms. The second-order valence-corrected chi connectivity index (χ2v) is 10.1. The van der Waals surface area contributed by atoms with Gasteiger partial charge in [-0.3, -0.25) is 9.36 Å². The minimum Gasteiger partial charge on any atom is -0.476 e. The Kier molecular flexibility index (Phi) is 10.5. The number of carbonyl (C=O) groups is 1. The largest absolute Gasteiger partial charge is 0.476 e. The van der Waals surface area contributed by atoms with E-state index in [1.54, 1.807) is 27.8 Å². The van der Waals surface area contributed by atoms with Gasteiger partial charge in [0.05, 0.1) is 6.61 Å². The summed E-state index contributed by atoms with van der Waals surface area (Å²) < 4.78 is 13.2. The summed E-state index contributed by atoms with van der Waals surface area (Å²) in [5, 5.41) is 4.31. The zero-order valence-corrected chi connectivity index (χ0v) is 23.7. The van der Waals surface area contributed by atoms with E-state index in [4.69, 9.17) is 9.47 Å². The average Bonchev–Trinajstić information content (AvgIpc) is 2.92. The van der Waals surface area contributed by atoms with Crippen LogP contribution in [0.3, 0.4) is 0 Å². The number of rotatable bonds is 14. The predicted octanol–water partition coefficient (Wildman–Crippen LogP) is 3.66. The summed E-state index contributed by atoms with van der Waals surface area (Å²) in [5.41, 5.74) is 0.428. The van der Waals surface area contributed by atoms with Crippen molar-refractivity contribution in [3.63, 3.8) is 0 Å². The van der Waals surface area contributed by atoms with Gasteiger partial charge in [0.2, 0.25) is 5.82 Å². The number of hydrogen-bond donors (Lipinski definition) is 0. The van der Waals surface area contributed by atoms with E-state index in [-0.39, 0.29) is 5.82 Å². The second-order valence-electron chi connectivity index (χ2n) is 10.1. The van der Waals surface area contributed by atoms with E-state index in [1.165, 1.54) is 17.3 Å². The average molecular weight is 537 g/mol. The molecule has 0 saturated carbocycles. The van der Waals surface area contributed by atoms with Gasteiger partial charge in [0.25, 0.3) is 5.56 Å². The number of carbonyl (C=O) groups excluding carboxylic acids is 1. The van der Waals surface area contributed by atoms with E-state index >= 15 is 0 Å². The minimum atomic E-state index is -1.09. The lowest BCUT2D eigenvalue weighted by Gasteiger charge is -2.25. The SMILES string of the molecule is CCOC(=O)C(C)(C)Oc1ccc(CCN(CCCCCc2ccccc2)c2nn(C)c(=O)n(C)c2=O)cc1. The minimum absolute atomic E-state index is 0.277. The fraction of sp³-hybridized carbons (Fsp3) is 0.467. The molecule has 9 nitrogen and oxygen atoms in total. The Morgan fingerprint density at radius 1 is 0.897 bits per heavy atom. The van der Waals surface area contributed by atoms with Crippen molar-refractivity contribution in [1.29, 1.82) is 0 Å². The molecule has 0 aliphatic heterocycles. The Morgan fingerprint density at radius 2 is 1.56 bits per heavy atom. The van der Waals surface area contributed by atoms with Crippen LogP contribution >= 0.6 is 0 Å². The highest BCUT2D eigenvalue weighted by atomic mass is 16.6. The van der Waals surface area contributed by atoms with Crippen molar-refractivity contribution in [2.24, 2.45) is 14.1 Å². The molecule has 0 amide bonds. The quantitative estimate of drug-likeness (QED) is 0.229. The third-order valence-electron chi connectivity index (χ3n) is 6.57. The summed E-state index contributed by atoms with van der Waals surface area (Å²) in [4.78, 5) is 39.2. The summed E-state index contributed by atoms with van der Waals surface area (Å²) in [6, 6.07) is 17.9. The number of esters is 1. The first-order valence-corrected chi connectivity index (χ1v) is 13.5. The Labute approximate surface area is 230 Å². The van der Waals surface area contributed by atoms with Gasteiger partial charge < -0.3 is 14.4 Å². The van der Waals surface area contributed by atoms with Crippen LogP contribution in [0.5, 0.6) is 5.75 Å². The standard InChI is InChI=1S/C30H40N4O5/c1-6-38-28(36)30(2,3)39-25-18-16-24(17-19-25)20-22-34(26-27(35)32(4)29(37)33(5)31-26)21-12-8-11-15-23-13-9-7-10-14-23/h7,9-10,13-14,16-19H,6,8,11-12,15,20-22H2,1-5H3. The first-order valence-electron chi connectivity index (χ1n) is 13.5. The first kappa shape index (κ1) is 29.7. The molecule has 0 saturated heterocycles. The van der Waals surface area contributed by atoms with Gasteiger partial charge in [-0.15, -0.1) is 5.10 Å². The van der Waals surface area contributed by atoms with Crippen molar-refractivity contribution < 1.29 is 14.3 Å². The zero-order valence-electron chi connectivity index (χ0n) is 23.7. The van der Waals surface area contributed by atoms with Crippen LogP contribution in [0, 0.1) is 0 Å². The molecular formula is C30H40N4O5. The third-order valence-corrected chi connectivity index (χ3v) is 6.57. The Hall–Kier alpha value is -3.88. The van der Waals surface area contributed by atoms with Gasteiger partial charge in [0, 0.05) is 27.2 Å². The van der Waals surface area contributed by atoms with Crippen molar-refractivity contribution in [1.82, 2.24) is 14.3 Å². The highest BCUT2D eigenvalue weighted by molar-refractivity contribution is 5.79. The smallest absolute Gasteiger partial charge is 0.349 e. The van der Waals surface area contributed by atoms with Crippen molar-refractivity contribution in [3.8, 4) is 5.75 Å². The number of hydrogen-bond acceptors (Lipinski definition) is 7. The number of aromatic nitrogens is 3. The van der Waals surface area contributed by atoms with E-state index < -0.39 is 22.8 Å². The van der Waals surface area contributed by atoms with Crippen LogP contribution in [0.15, 0.2) is 64.2 Å². The summed E-state index contributed by atoms with van der Waals surface area (Å²) in [6.45, 7) is 6.63. The van der Waals surface area contributed by atoms with Crippen LogP contribution in [0.25, 0.3) is 0 Å². The molecule has 0 fully saturated rings. The Balaban J connectivity index is 1.66. The van der Waals surface area contributed by atoms with Crippen LogP contribution in [-0.2, 0) is 36.5 Å². The molecular weight excluding hydrogens is 496 g/mol. The summed E-state index contributed by atoms with van der Waals surface area (Å²) in [7, 11) is 3.03. The molecule has 0 N–H and O–H groups in total. The van der Waals surface area contributed by atoms with Crippen molar-refractivity contribution in [2.45, 2.75) is 58.5 Å². The molecule has 0 aliphatic carbocycles. The maximum absolute atomic E-state index is 12.9. The molecule has 3 aromatic rings. The van der Waals surface area contributed by atoms with Gasteiger partial charge in [-0.25, -0.2) is 14.3 Å². The first-order chi connectivity index (χ1) is 18.6. The van der Waals surface area contributed by atoms with Gasteiger partial charge in [0.15, 0.2) is 5.60 Å². The Bertz CT molecular complexity index is 1330. The highest BCUT2D eigenvalue weighted by Gasteiger charge is 2.31. The number of aryl methyl sites for hydroxylation is 2. The number of unbranched alkanes of at least 4 members (excludes halogenated alkanes) is 2. The maximum Gasteiger partial charge on any atom is 0.349 e. The van der Waals surface area contributed by atoms with Crippen LogP contribution in [0.4, 0.5) is 5.82 Å². The molecule has 3 rings (SSSR count). The van der Waals surface area contributed by atoms with Gasteiger partial charge in [0.1, 0.15) is 5.75 Å². The van der Waals surface area contributed by atoms with Crippen LogP contribution in [-0.4, -0.2) is 45.6 Å². The zero-order chi connectivity index (χ0) is 28.4. The van der Waals surface area contributed by atoms with E-state index in [0.29, 0.717) is 31.9 Å². The fourth-order valence-electron chi connectivity index (χ4n) is 4.29. The number of anilines is 1. The van der Waals surface area contributed by atoms with Crippen molar-refractivity contribution in [3.05, 3.63) is 86.6 Å². The molecule has 0 aliphatic rings. The molecule has 0 radical (unpaired) electrons. The summed E-state index contributed by atoms with van der Waals surface area (Å²) in [6.07, 6.45) is 4.65. The molecule has 2 aromatic carbocycles. The maximum atomic E-state index is 12.9. The van der Waals surface area contributed by atoms with Gasteiger partial charge >= 0.3 is 11.7 Å². The van der Waals surface area contributed by atoms with E-state index in [9.17, 15) is 14.4 Å². The topological polar surface area (TPSA) is 95.7 Å². The molecule has 0 bridgehead atoms. The summed E-state index contributed by atoms with van der Waals surface area (Å²) >= 11 is 0. The molecule has 210 valence electrons. The Morgan fingerprint density at radius 3 is 2.23 bits per heavy atom. The molecule has 39 heavy (non-hydrogen) atoms. The molecule has 1 aromatic heterocycles. The lowest BCUT2D eigenvalue weighted by atomic mass is 10.1. The second kappa shape index (κ2) is 13.8. The lowest BCUT2D eigenvalue weighted by Crippen LogP contribution is -2.44. The van der Waals surface area contributed by atoms with Crippen LogP contribution < -0.4 is 20.9 Å². The number of benzene rings is 2. The van der Waals surface area contributed by atoms with E-state index in [2.05, 4.69) is 29.4 Å². The van der Waals surface area contributed by atoms with Crippen molar-refractivity contribution in [2.75, 3.05) is 24.6 Å². The van der Waals surface area contributed by atoms with Crippen LogP contribution in [0.1, 0.15) is 51.2 Å². The number of nitrogens with zero attached hydrogens (tertiary/aromatic N) is 4. The van der Waals surface area contributed by atoms with Gasteiger partial charge in [-0.2, -0.15) is 0 Å². The molecule has 0 atom stereocenters. The fourth-order valence-corrected chi connectivity index (χ4v) is 4.29. The number of ether oxygens (including phenoxy) is 2. The predicted molar refractivity (Wildman–Crippen MR) is 152 cm³/mol. The van der Waals surface area contributed by atoms with Crippen molar-refractivity contribution >= 4 is 11.8 Å². The van der Waals surface area contributed by atoms with Gasteiger partial charge in [-0.1, -0.05) is 48.9 Å². The monoisotopic (exact) mass is 536 g/mol. The van der Waals surface area contributed by atoms with E-state index in [0.717, 1.165) is 35.8 Å². The molecule has 0 unspecified atom stereocenters. The third kappa shape index (κ3) is 8.30. The van der Waals surface area contributed by atoms with Gasteiger partial charge in [-0.05, 0) is 69.7 Å². The van der Waals surface area contributed by atoms with Crippen LogP contribution in [0.2, 0.25) is 0 Å². The normalized spacial score (nSPS) is 11.3. The molecule has 1 heterocycles. The summed E-state index contributed by atoms with van der Waals surface area (Å²) in [5.74, 6) is 0.430. The van der Waals surface area contributed by atoms with E-state index in [1.807, 2.05) is 35.2 Å².